The Morgan fingerprint density at radius 1 is 1.25 bits per heavy atom. The van der Waals surface area contributed by atoms with Crippen LogP contribution in [0.15, 0.2) is 30.5 Å². The van der Waals surface area contributed by atoms with Crippen LogP contribution in [-0.4, -0.2) is 55.5 Å². The summed E-state index contributed by atoms with van der Waals surface area (Å²) >= 11 is 0. The second-order valence-electron chi connectivity index (χ2n) is 10.4. The number of hydrogen-bond donors (Lipinski definition) is 2. The van der Waals surface area contributed by atoms with E-state index in [0.717, 1.165) is 44.4 Å². The molecule has 0 spiro atoms. The third kappa shape index (κ3) is 7.00. The second-order valence-corrected chi connectivity index (χ2v) is 10.4. The van der Waals surface area contributed by atoms with Gasteiger partial charge in [-0.3, -0.25) is 4.98 Å². The van der Waals surface area contributed by atoms with E-state index in [1.54, 1.807) is 7.11 Å². The van der Waals surface area contributed by atoms with E-state index in [1.807, 2.05) is 24.3 Å². The van der Waals surface area contributed by atoms with Gasteiger partial charge in [-0.15, -0.1) is 0 Å². The minimum absolute atomic E-state index is 0.359. The number of halogens is 1. The Kier molecular flexibility index (Phi) is 9.24. The van der Waals surface area contributed by atoms with Gasteiger partial charge < -0.3 is 20.1 Å². The molecule has 1 atom stereocenters. The van der Waals surface area contributed by atoms with E-state index in [9.17, 15) is 9.65 Å². The Hall–Kier alpha value is -2.60. The van der Waals surface area contributed by atoms with E-state index in [-0.39, 0.29) is 5.82 Å². The summed E-state index contributed by atoms with van der Waals surface area (Å²) in [6.07, 6.45) is 8.10. The summed E-state index contributed by atoms with van der Waals surface area (Å²) in [5, 5.41) is 16.7. The molecule has 8 heteroatoms. The van der Waals surface area contributed by atoms with Gasteiger partial charge in [-0.1, -0.05) is 6.07 Å². The molecule has 2 N–H and O–H groups in total. The molecule has 2 aromatic rings. The molecule has 2 aliphatic rings. The summed E-state index contributed by atoms with van der Waals surface area (Å²) < 4.78 is 25.4. The lowest BCUT2D eigenvalue weighted by Crippen LogP contribution is -2.41. The van der Waals surface area contributed by atoms with Gasteiger partial charge in [0, 0.05) is 50.2 Å². The number of nitrogens with one attached hydrogen (secondary N) is 2. The minimum atomic E-state index is -0.457. The van der Waals surface area contributed by atoms with Crippen LogP contribution in [0.3, 0.4) is 0 Å². The summed E-state index contributed by atoms with van der Waals surface area (Å²) in [6, 6.07) is 10.7. The summed E-state index contributed by atoms with van der Waals surface area (Å²) in [4.78, 5) is 9.05. The Balaban J connectivity index is 1.37. The molecular weight excluding hydrogens is 457 g/mol. The first-order valence-corrected chi connectivity index (χ1v) is 13.1. The highest BCUT2D eigenvalue weighted by Crippen LogP contribution is 2.31. The first kappa shape index (κ1) is 26.5. The molecule has 0 aromatic carbocycles. The maximum atomic E-state index is 14.8. The monoisotopic (exact) mass is 495 g/mol. The summed E-state index contributed by atoms with van der Waals surface area (Å²) in [7, 11) is 1.73. The van der Waals surface area contributed by atoms with E-state index < -0.39 is 5.41 Å². The third-order valence-electron chi connectivity index (χ3n) is 7.51. The highest BCUT2D eigenvalue weighted by Gasteiger charge is 2.32. The molecule has 0 bridgehead atoms. The van der Waals surface area contributed by atoms with Crippen molar-refractivity contribution in [3.8, 4) is 17.3 Å². The van der Waals surface area contributed by atoms with Gasteiger partial charge in [-0.2, -0.15) is 5.26 Å². The van der Waals surface area contributed by atoms with Crippen molar-refractivity contribution >= 4 is 5.82 Å². The van der Waals surface area contributed by atoms with Crippen LogP contribution < -0.4 is 10.6 Å². The van der Waals surface area contributed by atoms with Gasteiger partial charge in [-0.25, -0.2) is 9.37 Å². The van der Waals surface area contributed by atoms with Crippen LogP contribution >= 0.6 is 0 Å². The number of rotatable bonds is 10. The molecule has 1 saturated carbocycles. The van der Waals surface area contributed by atoms with Gasteiger partial charge in [0.1, 0.15) is 5.82 Å². The molecule has 7 nitrogen and oxygen atoms in total. The van der Waals surface area contributed by atoms with Crippen molar-refractivity contribution in [1.82, 2.24) is 15.3 Å². The van der Waals surface area contributed by atoms with Crippen molar-refractivity contribution in [3.63, 3.8) is 0 Å². The lowest BCUT2D eigenvalue weighted by atomic mass is 9.82. The van der Waals surface area contributed by atoms with Crippen molar-refractivity contribution in [2.24, 2.45) is 11.3 Å². The molecule has 4 rings (SSSR count). The van der Waals surface area contributed by atoms with E-state index >= 15 is 0 Å². The van der Waals surface area contributed by atoms with E-state index in [0.29, 0.717) is 67.7 Å². The molecule has 1 saturated heterocycles. The van der Waals surface area contributed by atoms with E-state index in [1.165, 1.54) is 6.20 Å². The van der Waals surface area contributed by atoms with Crippen molar-refractivity contribution in [2.45, 2.75) is 64.0 Å². The average Bonchev–Trinajstić information content (AvgIpc) is 2.90. The molecule has 36 heavy (non-hydrogen) atoms. The van der Waals surface area contributed by atoms with Crippen molar-refractivity contribution in [1.29, 1.82) is 5.26 Å². The maximum absolute atomic E-state index is 14.8. The van der Waals surface area contributed by atoms with E-state index in [2.05, 4.69) is 33.6 Å². The summed E-state index contributed by atoms with van der Waals surface area (Å²) in [6.45, 7) is 4.57. The number of methoxy groups -OCH3 is 1. The number of anilines is 1. The van der Waals surface area contributed by atoms with Crippen LogP contribution in [0.4, 0.5) is 10.2 Å². The standard InChI is InChI=1S/C28H38FN5O2/c1-20(17-35-2)33-22-8-6-21(7-9-22)14-23-15-24(25(29)16-31-23)26-4-3-5-27(34-26)32-19-28(18-30)10-12-36-13-11-28/h3-5,15-16,20-22,33H,6-14,17,19H2,1-2H3,(H,32,34)/t20-,21?,22?/m1/s1. The highest BCUT2D eigenvalue weighted by atomic mass is 19.1. The lowest BCUT2D eigenvalue weighted by molar-refractivity contribution is 0.0455. The Morgan fingerprint density at radius 2 is 2.03 bits per heavy atom. The van der Waals surface area contributed by atoms with Crippen LogP contribution in [-0.2, 0) is 15.9 Å². The summed E-state index contributed by atoms with van der Waals surface area (Å²) in [5.74, 6) is 0.815. The Labute approximate surface area is 213 Å². The smallest absolute Gasteiger partial charge is 0.150 e. The molecule has 0 unspecified atom stereocenters. The van der Waals surface area contributed by atoms with Gasteiger partial charge >= 0.3 is 0 Å². The predicted octanol–water partition coefficient (Wildman–Crippen LogP) is 4.74. The fraction of sp³-hybridized carbons (Fsp3) is 0.607. The minimum Gasteiger partial charge on any atom is -0.383 e. The largest absolute Gasteiger partial charge is 0.383 e. The molecule has 2 aromatic heterocycles. The van der Waals surface area contributed by atoms with E-state index in [4.69, 9.17) is 9.47 Å². The number of hydrogen-bond acceptors (Lipinski definition) is 7. The normalized spacial score (nSPS) is 22.5. The number of ether oxygens (including phenoxy) is 2. The number of nitriles is 1. The number of nitrogens with zero attached hydrogens (tertiary/aromatic N) is 3. The molecule has 3 heterocycles. The third-order valence-corrected chi connectivity index (χ3v) is 7.51. The van der Waals surface area contributed by atoms with Crippen molar-refractivity contribution in [3.05, 3.63) is 42.0 Å². The fourth-order valence-electron chi connectivity index (χ4n) is 5.35. The topological polar surface area (TPSA) is 92.1 Å². The fourth-order valence-corrected chi connectivity index (χ4v) is 5.35. The van der Waals surface area contributed by atoms with Gasteiger partial charge in [-0.05, 0) is 76.0 Å². The Morgan fingerprint density at radius 3 is 2.75 bits per heavy atom. The average molecular weight is 496 g/mol. The zero-order valence-electron chi connectivity index (χ0n) is 21.4. The maximum Gasteiger partial charge on any atom is 0.150 e. The highest BCUT2D eigenvalue weighted by molar-refractivity contribution is 5.62. The van der Waals surface area contributed by atoms with Gasteiger partial charge in [0.2, 0.25) is 0 Å². The molecule has 1 aliphatic heterocycles. The molecule has 0 amide bonds. The van der Waals surface area contributed by atoms with Crippen LogP contribution in [0.1, 0.15) is 51.1 Å². The van der Waals surface area contributed by atoms with Crippen LogP contribution in [0, 0.1) is 28.5 Å². The van der Waals surface area contributed by atoms with Gasteiger partial charge in [0.15, 0.2) is 5.82 Å². The summed E-state index contributed by atoms with van der Waals surface area (Å²) in [5.41, 5.74) is 1.48. The SMILES string of the molecule is COC[C@@H](C)NC1CCC(Cc2cc(-c3cccc(NCC4(C#N)CCOCC4)n3)c(F)cn2)CC1. The zero-order chi connectivity index (χ0) is 25.4. The first-order valence-electron chi connectivity index (χ1n) is 13.1. The quantitative estimate of drug-likeness (QED) is 0.492. The number of pyridine rings is 2. The van der Waals surface area contributed by atoms with Crippen LogP contribution in [0.5, 0.6) is 0 Å². The zero-order valence-corrected chi connectivity index (χ0v) is 21.4. The van der Waals surface area contributed by atoms with Crippen molar-refractivity contribution < 1.29 is 13.9 Å². The van der Waals surface area contributed by atoms with Crippen LogP contribution in [0.25, 0.3) is 11.3 Å². The second kappa shape index (κ2) is 12.6. The van der Waals surface area contributed by atoms with Gasteiger partial charge in [0.25, 0.3) is 0 Å². The Bertz CT molecular complexity index is 1030. The molecule has 194 valence electrons. The molecular formula is C28H38FN5O2. The first-order chi connectivity index (χ1) is 17.5. The lowest BCUT2D eigenvalue weighted by Gasteiger charge is -2.31. The van der Waals surface area contributed by atoms with Crippen molar-refractivity contribution in [2.75, 3.05) is 38.8 Å². The molecule has 1 aliphatic carbocycles. The molecule has 0 radical (unpaired) electrons. The molecule has 2 fully saturated rings. The van der Waals surface area contributed by atoms with Crippen LogP contribution in [0.2, 0.25) is 0 Å². The van der Waals surface area contributed by atoms with Gasteiger partial charge in [0.05, 0.1) is 30.0 Å². The number of aromatic nitrogens is 2. The predicted molar refractivity (Wildman–Crippen MR) is 138 cm³/mol.